The first-order valence-electron chi connectivity index (χ1n) is 10.4. The van der Waals surface area contributed by atoms with E-state index in [1.807, 2.05) is 60.9 Å². The van der Waals surface area contributed by atoms with Gasteiger partial charge in [-0.15, -0.1) is 11.8 Å². The molecule has 0 unspecified atom stereocenters. The number of thioether (sulfide) groups is 1. The van der Waals surface area contributed by atoms with Gasteiger partial charge in [0.25, 0.3) is 5.56 Å². The molecular weight excluding hydrogens is 456 g/mol. The minimum atomic E-state index is -0.697. The second-order valence-electron chi connectivity index (χ2n) is 7.32. The lowest BCUT2D eigenvalue weighted by atomic mass is 9.95. The maximum Gasteiger partial charge on any atom is 0.338 e. The number of esters is 1. The molecule has 0 spiro atoms. The number of allylic oxidation sites excluding steroid dienone is 1. The fraction of sp³-hybridized carbons (Fsp3) is 0.240. The number of hydrogen-bond acceptors (Lipinski definition) is 7. The predicted octanol–water partition coefficient (Wildman–Crippen LogP) is 3.53. The van der Waals surface area contributed by atoms with Crippen molar-refractivity contribution >= 4 is 35.1 Å². The number of carbonyl (C=O) groups is 1. The molecule has 0 amide bonds. The number of nitrogens with zero attached hydrogens (tertiary/aromatic N) is 2. The minimum Gasteiger partial charge on any atom is -0.496 e. The number of thiazole rings is 1. The van der Waals surface area contributed by atoms with Gasteiger partial charge in [-0.05, 0) is 49.9 Å². The number of para-hydroxylation sites is 1. The van der Waals surface area contributed by atoms with E-state index < -0.39 is 12.0 Å². The first-order valence-corrected chi connectivity index (χ1v) is 12.5. The SMILES string of the molecule is CCOC(=O)C1=C(C)N=c2s/c(=C\c3ccc(SC)cc3)c(=O)n2[C@H]1c1ccccc1OC. The summed E-state index contributed by atoms with van der Waals surface area (Å²) in [5.74, 6) is 0.0952. The lowest BCUT2D eigenvalue weighted by Gasteiger charge is -2.25. The molecule has 4 rings (SSSR count). The Morgan fingerprint density at radius 3 is 2.61 bits per heavy atom. The highest BCUT2D eigenvalue weighted by Gasteiger charge is 2.34. The molecule has 1 aliphatic heterocycles. The van der Waals surface area contributed by atoms with E-state index in [9.17, 15) is 9.59 Å². The van der Waals surface area contributed by atoms with Crippen LogP contribution in [0.2, 0.25) is 0 Å². The lowest BCUT2D eigenvalue weighted by Crippen LogP contribution is -2.40. The van der Waals surface area contributed by atoms with Gasteiger partial charge in [-0.1, -0.05) is 41.7 Å². The van der Waals surface area contributed by atoms with Crippen LogP contribution in [0.25, 0.3) is 6.08 Å². The molecular formula is C25H24N2O4S2. The Labute approximate surface area is 199 Å². The molecule has 0 fully saturated rings. The van der Waals surface area contributed by atoms with E-state index in [1.54, 1.807) is 37.3 Å². The van der Waals surface area contributed by atoms with E-state index in [0.29, 0.717) is 31.9 Å². The molecule has 2 aromatic carbocycles. The van der Waals surface area contributed by atoms with Gasteiger partial charge in [0.05, 0.1) is 29.5 Å². The van der Waals surface area contributed by atoms with Crippen molar-refractivity contribution in [2.75, 3.05) is 20.0 Å². The molecule has 3 aromatic rings. The summed E-state index contributed by atoms with van der Waals surface area (Å²) in [6.45, 7) is 3.75. The molecule has 0 saturated heterocycles. The molecule has 0 aliphatic carbocycles. The summed E-state index contributed by atoms with van der Waals surface area (Å²) in [4.78, 5) is 32.9. The first kappa shape index (κ1) is 23.1. The van der Waals surface area contributed by atoms with Crippen molar-refractivity contribution in [3.63, 3.8) is 0 Å². The van der Waals surface area contributed by atoms with E-state index in [-0.39, 0.29) is 12.2 Å². The highest BCUT2D eigenvalue weighted by atomic mass is 32.2. The first-order chi connectivity index (χ1) is 16.0. The number of ether oxygens (including phenoxy) is 2. The van der Waals surface area contributed by atoms with E-state index >= 15 is 0 Å². The van der Waals surface area contributed by atoms with Crippen molar-refractivity contribution in [2.24, 2.45) is 4.99 Å². The number of hydrogen-bond donors (Lipinski definition) is 0. The van der Waals surface area contributed by atoms with E-state index in [4.69, 9.17) is 9.47 Å². The van der Waals surface area contributed by atoms with Gasteiger partial charge in [-0.2, -0.15) is 0 Å². The molecule has 1 atom stereocenters. The minimum absolute atomic E-state index is 0.210. The Bertz CT molecular complexity index is 1400. The third-order valence-corrected chi connectivity index (χ3v) is 7.09. The van der Waals surface area contributed by atoms with Crippen molar-refractivity contribution in [3.8, 4) is 5.75 Å². The second-order valence-corrected chi connectivity index (χ2v) is 9.21. The zero-order valence-corrected chi connectivity index (χ0v) is 20.5. The second kappa shape index (κ2) is 9.80. The predicted molar refractivity (Wildman–Crippen MR) is 132 cm³/mol. The topological polar surface area (TPSA) is 69.9 Å². The van der Waals surface area contributed by atoms with Crippen LogP contribution < -0.4 is 19.6 Å². The van der Waals surface area contributed by atoms with Crippen LogP contribution in [0.1, 0.15) is 31.0 Å². The molecule has 0 saturated carbocycles. The van der Waals surface area contributed by atoms with Gasteiger partial charge in [-0.25, -0.2) is 9.79 Å². The van der Waals surface area contributed by atoms with E-state index in [1.165, 1.54) is 11.3 Å². The van der Waals surface area contributed by atoms with Crippen molar-refractivity contribution in [1.29, 1.82) is 0 Å². The largest absolute Gasteiger partial charge is 0.496 e. The van der Waals surface area contributed by atoms with Crippen molar-refractivity contribution < 1.29 is 14.3 Å². The molecule has 33 heavy (non-hydrogen) atoms. The van der Waals surface area contributed by atoms with Crippen molar-refractivity contribution in [3.05, 3.63) is 90.6 Å². The fourth-order valence-electron chi connectivity index (χ4n) is 3.83. The van der Waals surface area contributed by atoms with Gasteiger partial charge >= 0.3 is 5.97 Å². The van der Waals surface area contributed by atoms with Gasteiger partial charge in [0.15, 0.2) is 4.80 Å². The number of fused-ring (bicyclic) bond motifs is 1. The Hall–Kier alpha value is -3.10. The molecule has 1 aromatic heterocycles. The monoisotopic (exact) mass is 480 g/mol. The summed E-state index contributed by atoms with van der Waals surface area (Å²) in [6.07, 6.45) is 3.88. The molecule has 8 heteroatoms. The van der Waals surface area contributed by atoms with Crippen molar-refractivity contribution in [2.45, 2.75) is 24.8 Å². The zero-order chi connectivity index (χ0) is 23.5. The quantitative estimate of drug-likeness (QED) is 0.399. The normalized spacial score (nSPS) is 15.8. The molecule has 1 aliphatic rings. The highest BCUT2D eigenvalue weighted by molar-refractivity contribution is 7.98. The number of rotatable bonds is 6. The molecule has 170 valence electrons. The zero-order valence-electron chi connectivity index (χ0n) is 18.8. The van der Waals surface area contributed by atoms with Crippen molar-refractivity contribution in [1.82, 2.24) is 4.57 Å². The molecule has 0 N–H and O–H groups in total. The lowest BCUT2D eigenvalue weighted by molar-refractivity contribution is -0.139. The third kappa shape index (κ3) is 4.41. The van der Waals surface area contributed by atoms with Crippen LogP contribution in [-0.2, 0) is 9.53 Å². The molecule has 6 nitrogen and oxygen atoms in total. The maximum absolute atomic E-state index is 13.6. The van der Waals surface area contributed by atoms with Crippen LogP contribution in [0.15, 0.2) is 74.5 Å². The third-order valence-electron chi connectivity index (χ3n) is 5.36. The van der Waals surface area contributed by atoms with Crippen LogP contribution in [0.4, 0.5) is 0 Å². The van der Waals surface area contributed by atoms with E-state index in [0.717, 1.165) is 10.5 Å². The average molecular weight is 481 g/mol. The summed E-state index contributed by atoms with van der Waals surface area (Å²) in [5.41, 5.74) is 2.28. The number of carbonyl (C=O) groups excluding carboxylic acids is 1. The molecule has 2 heterocycles. The Balaban J connectivity index is 1.95. The number of aromatic nitrogens is 1. The van der Waals surface area contributed by atoms with Gasteiger partial charge in [0, 0.05) is 10.5 Å². The van der Waals surface area contributed by atoms with Crippen LogP contribution in [0.3, 0.4) is 0 Å². The summed E-state index contributed by atoms with van der Waals surface area (Å²) in [6, 6.07) is 14.7. The Morgan fingerprint density at radius 2 is 1.94 bits per heavy atom. The Kier molecular flexibility index (Phi) is 6.85. The average Bonchev–Trinajstić information content (AvgIpc) is 3.13. The summed E-state index contributed by atoms with van der Waals surface area (Å²) >= 11 is 2.97. The van der Waals surface area contributed by atoms with Gasteiger partial charge in [-0.3, -0.25) is 9.36 Å². The van der Waals surface area contributed by atoms with Crippen LogP contribution in [0.5, 0.6) is 5.75 Å². The van der Waals surface area contributed by atoms with Crippen LogP contribution >= 0.6 is 23.1 Å². The smallest absolute Gasteiger partial charge is 0.338 e. The number of benzene rings is 2. The van der Waals surface area contributed by atoms with Gasteiger partial charge in [0.1, 0.15) is 11.8 Å². The fourth-order valence-corrected chi connectivity index (χ4v) is 5.28. The molecule has 0 bridgehead atoms. The maximum atomic E-state index is 13.6. The Morgan fingerprint density at radius 1 is 1.21 bits per heavy atom. The molecule has 0 radical (unpaired) electrons. The van der Waals surface area contributed by atoms with Gasteiger partial charge in [0.2, 0.25) is 0 Å². The van der Waals surface area contributed by atoms with Gasteiger partial charge < -0.3 is 9.47 Å². The summed E-state index contributed by atoms with van der Waals surface area (Å²) < 4.78 is 13.0. The summed E-state index contributed by atoms with van der Waals surface area (Å²) in [7, 11) is 1.57. The van der Waals surface area contributed by atoms with Crippen LogP contribution in [0, 0.1) is 0 Å². The number of methoxy groups -OCH3 is 1. The van der Waals surface area contributed by atoms with Crippen LogP contribution in [-0.4, -0.2) is 30.5 Å². The summed E-state index contributed by atoms with van der Waals surface area (Å²) in [5, 5.41) is 0. The van der Waals surface area contributed by atoms with E-state index in [2.05, 4.69) is 4.99 Å². The highest BCUT2D eigenvalue weighted by Crippen LogP contribution is 2.35. The standard InChI is InChI=1S/C25H24N2O4S2/c1-5-31-24(29)21-15(2)26-25-27(22(21)18-8-6-7-9-19(18)30-3)23(28)20(33-25)14-16-10-12-17(32-4)13-11-16/h6-14,22H,5H2,1-4H3/b20-14-/t22-/m0/s1.